The van der Waals surface area contributed by atoms with Crippen molar-refractivity contribution in [2.45, 2.75) is 13.5 Å². The van der Waals surface area contributed by atoms with Crippen LogP contribution < -0.4 is 11.4 Å². The number of aromatic nitrogens is 4. The zero-order valence-corrected chi connectivity index (χ0v) is 8.27. The highest BCUT2D eigenvalue weighted by Gasteiger charge is 2.06. The molecule has 0 unspecified atom stereocenters. The van der Waals surface area contributed by atoms with Gasteiger partial charge in [0.15, 0.2) is 5.82 Å². The molecule has 0 bridgehead atoms. The minimum absolute atomic E-state index is 0.202. The number of rotatable bonds is 2. The summed E-state index contributed by atoms with van der Waals surface area (Å²) in [6.07, 6.45) is 1.63. The lowest BCUT2D eigenvalue weighted by molar-refractivity contribution is 0.789. The molecular formula is C9H11N5O. The first-order valence-corrected chi connectivity index (χ1v) is 4.52. The number of pyridine rings is 1. The Morgan fingerprint density at radius 2 is 2.40 bits per heavy atom. The van der Waals surface area contributed by atoms with Crippen molar-refractivity contribution < 1.29 is 0 Å². The van der Waals surface area contributed by atoms with Gasteiger partial charge in [0.25, 0.3) is 0 Å². The Labute approximate surface area is 85.8 Å². The maximum absolute atomic E-state index is 11.5. The summed E-state index contributed by atoms with van der Waals surface area (Å²) < 4.78 is 1.20. The number of nitrogens with two attached hydrogens (primary N) is 1. The summed E-state index contributed by atoms with van der Waals surface area (Å²) in [6, 6.07) is 3.63. The van der Waals surface area contributed by atoms with E-state index in [4.69, 9.17) is 5.73 Å². The highest BCUT2D eigenvalue weighted by Crippen LogP contribution is 2.02. The Morgan fingerprint density at radius 3 is 3.00 bits per heavy atom. The number of nitrogens with one attached hydrogen (secondary N) is 1. The summed E-state index contributed by atoms with van der Waals surface area (Å²) in [5, 5.41) is 4.00. The predicted octanol–water partition coefficient (Wildman–Crippen LogP) is -0.277. The van der Waals surface area contributed by atoms with E-state index in [9.17, 15) is 4.79 Å². The summed E-state index contributed by atoms with van der Waals surface area (Å²) in [5.41, 5.74) is 6.07. The molecule has 78 valence electrons. The van der Waals surface area contributed by atoms with Crippen LogP contribution in [0.1, 0.15) is 11.4 Å². The van der Waals surface area contributed by atoms with Gasteiger partial charge in [-0.3, -0.25) is 4.98 Å². The van der Waals surface area contributed by atoms with Gasteiger partial charge in [0.2, 0.25) is 0 Å². The highest BCUT2D eigenvalue weighted by molar-refractivity contribution is 5.25. The molecule has 6 heteroatoms. The van der Waals surface area contributed by atoms with Gasteiger partial charge in [-0.1, -0.05) is 0 Å². The van der Waals surface area contributed by atoms with E-state index < -0.39 is 0 Å². The maximum atomic E-state index is 11.5. The van der Waals surface area contributed by atoms with Crippen LogP contribution in [0.3, 0.4) is 0 Å². The number of nitrogens with zero attached hydrogens (tertiary/aromatic N) is 3. The average Bonchev–Trinajstić information content (AvgIpc) is 2.60. The van der Waals surface area contributed by atoms with Gasteiger partial charge in [-0.25, -0.2) is 9.78 Å². The van der Waals surface area contributed by atoms with E-state index in [2.05, 4.69) is 15.1 Å². The van der Waals surface area contributed by atoms with Gasteiger partial charge in [-0.15, -0.1) is 5.10 Å². The van der Waals surface area contributed by atoms with Crippen molar-refractivity contribution in [3.63, 3.8) is 0 Å². The van der Waals surface area contributed by atoms with Crippen LogP contribution >= 0.6 is 0 Å². The second-order valence-corrected chi connectivity index (χ2v) is 3.18. The van der Waals surface area contributed by atoms with E-state index in [1.807, 2.05) is 13.0 Å². The molecule has 0 aromatic carbocycles. The molecule has 6 nitrogen and oxygen atoms in total. The van der Waals surface area contributed by atoms with Crippen molar-refractivity contribution in [2.24, 2.45) is 5.73 Å². The Morgan fingerprint density at radius 1 is 1.60 bits per heavy atom. The van der Waals surface area contributed by atoms with Crippen molar-refractivity contribution >= 4 is 0 Å². The molecule has 0 aliphatic rings. The van der Waals surface area contributed by atoms with Crippen molar-refractivity contribution in [3.05, 3.63) is 40.2 Å². The minimum Gasteiger partial charge on any atom is -0.324 e. The lowest BCUT2D eigenvalue weighted by Gasteiger charge is -1.98. The monoisotopic (exact) mass is 205 g/mol. The summed E-state index contributed by atoms with van der Waals surface area (Å²) in [6.45, 7) is 2.13. The first-order valence-electron chi connectivity index (χ1n) is 4.52. The van der Waals surface area contributed by atoms with Gasteiger partial charge in [-0.05, 0) is 24.6 Å². The first-order chi connectivity index (χ1) is 7.20. The molecule has 0 radical (unpaired) electrons. The summed E-state index contributed by atoms with van der Waals surface area (Å²) in [7, 11) is 0. The normalized spacial score (nSPS) is 10.5. The predicted molar refractivity (Wildman–Crippen MR) is 54.6 cm³/mol. The van der Waals surface area contributed by atoms with Crippen LogP contribution in [-0.2, 0) is 6.54 Å². The largest absolute Gasteiger partial charge is 0.349 e. The lowest BCUT2D eigenvalue weighted by Crippen LogP contribution is -2.17. The van der Waals surface area contributed by atoms with Crippen LogP contribution in [0.5, 0.6) is 0 Å². The molecule has 0 saturated carbocycles. The Hall–Kier alpha value is -1.95. The molecule has 0 aliphatic carbocycles. The van der Waals surface area contributed by atoms with Crippen LogP contribution in [0.25, 0.3) is 5.82 Å². The third-order valence-electron chi connectivity index (χ3n) is 1.98. The molecule has 2 rings (SSSR count). The van der Waals surface area contributed by atoms with Gasteiger partial charge in [-0.2, -0.15) is 4.68 Å². The van der Waals surface area contributed by atoms with Crippen molar-refractivity contribution in [2.75, 3.05) is 0 Å². The van der Waals surface area contributed by atoms with Gasteiger partial charge in [0.05, 0.1) is 6.54 Å². The summed E-state index contributed by atoms with van der Waals surface area (Å²) in [4.78, 5) is 18.1. The molecule has 2 aromatic heterocycles. The van der Waals surface area contributed by atoms with Crippen LogP contribution in [-0.4, -0.2) is 19.7 Å². The minimum atomic E-state index is -0.325. The molecule has 0 spiro atoms. The molecule has 15 heavy (non-hydrogen) atoms. The average molecular weight is 205 g/mol. The molecule has 0 aliphatic heterocycles. The van der Waals surface area contributed by atoms with Crippen molar-refractivity contribution in [3.8, 4) is 5.82 Å². The Kier molecular flexibility index (Phi) is 2.34. The fourth-order valence-corrected chi connectivity index (χ4v) is 1.25. The number of hydrogen-bond donors (Lipinski definition) is 2. The number of H-pyrrole nitrogens is 1. The van der Waals surface area contributed by atoms with E-state index in [1.165, 1.54) is 4.68 Å². The van der Waals surface area contributed by atoms with E-state index in [1.54, 1.807) is 12.3 Å². The molecule has 0 fully saturated rings. The number of aryl methyl sites for hydroxylation is 1. The Balaban J connectivity index is 2.54. The fraction of sp³-hybridized carbons (Fsp3) is 0.222. The molecule has 0 atom stereocenters. The SMILES string of the molecule is Cc1ccnc(-n2nc(CN)[nH]c2=O)c1. The lowest BCUT2D eigenvalue weighted by atomic mass is 10.3. The van der Waals surface area contributed by atoms with Crippen molar-refractivity contribution in [1.29, 1.82) is 0 Å². The highest BCUT2D eigenvalue weighted by atomic mass is 16.2. The zero-order chi connectivity index (χ0) is 10.8. The topological polar surface area (TPSA) is 89.6 Å². The van der Waals surface area contributed by atoms with Crippen LogP contribution in [0.15, 0.2) is 23.1 Å². The second kappa shape index (κ2) is 3.66. The molecular weight excluding hydrogens is 194 g/mol. The van der Waals surface area contributed by atoms with E-state index in [-0.39, 0.29) is 12.2 Å². The van der Waals surface area contributed by atoms with Gasteiger partial charge >= 0.3 is 5.69 Å². The van der Waals surface area contributed by atoms with Crippen LogP contribution in [0, 0.1) is 6.92 Å². The molecule has 0 amide bonds. The third-order valence-corrected chi connectivity index (χ3v) is 1.98. The second-order valence-electron chi connectivity index (χ2n) is 3.18. The molecule has 2 heterocycles. The van der Waals surface area contributed by atoms with Gasteiger partial charge < -0.3 is 5.73 Å². The fourth-order valence-electron chi connectivity index (χ4n) is 1.25. The number of hydrogen-bond acceptors (Lipinski definition) is 4. The van der Waals surface area contributed by atoms with E-state index >= 15 is 0 Å². The summed E-state index contributed by atoms with van der Waals surface area (Å²) in [5.74, 6) is 0.944. The molecule has 3 N–H and O–H groups in total. The van der Waals surface area contributed by atoms with Crippen molar-refractivity contribution in [1.82, 2.24) is 19.7 Å². The Bertz CT molecular complexity index is 527. The van der Waals surface area contributed by atoms with Gasteiger partial charge in [0.1, 0.15) is 5.82 Å². The molecule has 0 saturated heterocycles. The van der Waals surface area contributed by atoms with Crippen LogP contribution in [0.4, 0.5) is 0 Å². The van der Waals surface area contributed by atoms with Crippen LogP contribution in [0.2, 0.25) is 0 Å². The first kappa shape index (κ1) is 9.60. The third kappa shape index (κ3) is 1.79. The number of aromatic amines is 1. The van der Waals surface area contributed by atoms with E-state index in [0.717, 1.165) is 5.56 Å². The maximum Gasteiger partial charge on any atom is 0.349 e. The summed E-state index contributed by atoms with van der Waals surface area (Å²) >= 11 is 0. The van der Waals surface area contributed by atoms with E-state index in [0.29, 0.717) is 11.6 Å². The quantitative estimate of drug-likeness (QED) is 0.705. The zero-order valence-electron chi connectivity index (χ0n) is 8.27. The smallest absolute Gasteiger partial charge is 0.324 e. The van der Waals surface area contributed by atoms with Gasteiger partial charge in [0, 0.05) is 6.20 Å². The molecule has 2 aromatic rings. The standard InChI is InChI=1S/C9H11N5O/c1-6-2-3-11-8(4-6)14-9(15)12-7(5-10)13-14/h2-4H,5,10H2,1H3,(H,12,13,15).